The standard InChI is InChI=1S/C25H20N2O5S/c28-22-11-33-25-26-23-15(8-14-4-6-18-20(9-14)31-12-29-18)2-1-3-17(23)24(27(22)25)16-5-7-19-21(10-16)32-13-30-19/h4-10,24H,1-3,11-13H2/b15-8+/t24-/m0/s1. The van der Waals surface area contributed by atoms with Gasteiger partial charge in [-0.15, -0.1) is 0 Å². The van der Waals surface area contributed by atoms with Gasteiger partial charge in [0.05, 0.1) is 17.5 Å². The Morgan fingerprint density at radius 3 is 2.55 bits per heavy atom. The molecule has 1 atom stereocenters. The van der Waals surface area contributed by atoms with E-state index in [2.05, 4.69) is 6.08 Å². The lowest BCUT2D eigenvalue weighted by Gasteiger charge is -2.37. The lowest BCUT2D eigenvalue weighted by molar-refractivity contribution is -0.125. The molecule has 33 heavy (non-hydrogen) atoms. The van der Waals surface area contributed by atoms with Crippen LogP contribution in [0.1, 0.15) is 36.4 Å². The van der Waals surface area contributed by atoms with Crippen LogP contribution in [0.25, 0.3) is 6.08 Å². The van der Waals surface area contributed by atoms with Crippen molar-refractivity contribution >= 4 is 28.9 Å². The summed E-state index contributed by atoms with van der Waals surface area (Å²) in [6.07, 6.45) is 5.04. The number of aliphatic imine (C=N–C) groups is 1. The molecule has 1 saturated heterocycles. The smallest absolute Gasteiger partial charge is 0.239 e. The number of fused-ring (bicyclic) bond motifs is 3. The van der Waals surface area contributed by atoms with Gasteiger partial charge in [0, 0.05) is 0 Å². The zero-order chi connectivity index (χ0) is 21.9. The summed E-state index contributed by atoms with van der Waals surface area (Å²) in [4.78, 5) is 19.8. The van der Waals surface area contributed by atoms with Gasteiger partial charge in [-0.3, -0.25) is 9.69 Å². The highest BCUT2D eigenvalue weighted by Gasteiger charge is 2.42. The second-order valence-corrected chi connectivity index (χ2v) is 9.41. The van der Waals surface area contributed by atoms with Crippen LogP contribution in [0.2, 0.25) is 0 Å². The summed E-state index contributed by atoms with van der Waals surface area (Å²) in [7, 11) is 0. The van der Waals surface area contributed by atoms with Crippen LogP contribution in [0.15, 0.2) is 58.2 Å². The normalized spacial score (nSPS) is 23.7. The van der Waals surface area contributed by atoms with Crippen molar-refractivity contribution in [3.63, 3.8) is 0 Å². The molecule has 4 heterocycles. The van der Waals surface area contributed by atoms with Crippen molar-refractivity contribution in [1.29, 1.82) is 0 Å². The Morgan fingerprint density at radius 2 is 1.70 bits per heavy atom. The topological polar surface area (TPSA) is 69.6 Å². The van der Waals surface area contributed by atoms with E-state index >= 15 is 0 Å². The predicted octanol–water partition coefficient (Wildman–Crippen LogP) is 4.65. The molecule has 0 radical (unpaired) electrons. The van der Waals surface area contributed by atoms with Gasteiger partial charge < -0.3 is 18.9 Å². The Balaban J connectivity index is 1.35. The number of ether oxygens (including phenoxy) is 4. The van der Waals surface area contributed by atoms with Crippen LogP contribution in [0.5, 0.6) is 23.0 Å². The third-order valence-electron chi connectivity index (χ3n) is 6.55. The maximum absolute atomic E-state index is 12.9. The van der Waals surface area contributed by atoms with Crippen LogP contribution >= 0.6 is 11.8 Å². The van der Waals surface area contributed by atoms with Crippen molar-refractivity contribution in [1.82, 2.24) is 4.90 Å². The Morgan fingerprint density at radius 1 is 0.939 bits per heavy atom. The number of hydrogen-bond donors (Lipinski definition) is 0. The first-order chi connectivity index (χ1) is 16.2. The number of amides is 1. The molecule has 0 spiro atoms. The SMILES string of the molecule is O=C1CSC2=NC3=C(CCC/C3=C\c3ccc4c(c3)OCO4)[C@H](c3ccc4c(c3)OCO4)N12. The van der Waals surface area contributed by atoms with E-state index in [1.165, 1.54) is 22.9 Å². The van der Waals surface area contributed by atoms with Crippen LogP contribution in [0.3, 0.4) is 0 Å². The third kappa shape index (κ3) is 3.04. The molecule has 7 nitrogen and oxygen atoms in total. The largest absolute Gasteiger partial charge is 0.454 e. The fourth-order valence-corrected chi connectivity index (χ4v) is 5.96. The number of rotatable bonds is 2. The number of benzene rings is 2. The van der Waals surface area contributed by atoms with Gasteiger partial charge >= 0.3 is 0 Å². The summed E-state index contributed by atoms with van der Waals surface area (Å²) in [5.41, 5.74) is 5.47. The molecule has 8 heteroatoms. The molecule has 166 valence electrons. The maximum Gasteiger partial charge on any atom is 0.239 e. The number of nitrogens with zero attached hydrogens (tertiary/aromatic N) is 2. The molecule has 0 saturated carbocycles. The van der Waals surface area contributed by atoms with Crippen molar-refractivity contribution < 1.29 is 23.7 Å². The van der Waals surface area contributed by atoms with Crippen LogP contribution in [-0.4, -0.2) is 35.3 Å². The van der Waals surface area contributed by atoms with Crippen LogP contribution < -0.4 is 18.9 Å². The van der Waals surface area contributed by atoms with E-state index in [-0.39, 0.29) is 25.5 Å². The summed E-state index contributed by atoms with van der Waals surface area (Å²) in [5, 5.41) is 0.778. The van der Waals surface area contributed by atoms with Gasteiger partial charge in [0.2, 0.25) is 19.5 Å². The van der Waals surface area contributed by atoms with E-state index in [1.54, 1.807) is 0 Å². The molecule has 0 bridgehead atoms. The summed E-state index contributed by atoms with van der Waals surface area (Å²) in [6, 6.07) is 11.8. The predicted molar refractivity (Wildman–Crippen MR) is 123 cm³/mol. The summed E-state index contributed by atoms with van der Waals surface area (Å²) >= 11 is 1.51. The summed E-state index contributed by atoms with van der Waals surface area (Å²) in [6.45, 7) is 0.488. The third-order valence-corrected chi connectivity index (χ3v) is 7.48. The number of thioether (sulfide) groups is 1. The Bertz CT molecular complexity index is 1300. The molecule has 0 unspecified atom stereocenters. The molecule has 1 amide bonds. The minimum atomic E-state index is -0.176. The van der Waals surface area contributed by atoms with Crippen molar-refractivity contribution in [3.05, 3.63) is 64.4 Å². The molecule has 2 aromatic rings. The fourth-order valence-electron chi connectivity index (χ4n) is 5.06. The van der Waals surface area contributed by atoms with Crippen molar-refractivity contribution in [3.8, 4) is 23.0 Å². The zero-order valence-corrected chi connectivity index (χ0v) is 18.5. The van der Waals surface area contributed by atoms with Crippen molar-refractivity contribution in [2.75, 3.05) is 19.3 Å². The Hall–Kier alpha value is -3.39. The molecule has 0 N–H and O–H groups in total. The molecule has 7 rings (SSSR count). The van der Waals surface area contributed by atoms with E-state index in [4.69, 9.17) is 23.9 Å². The van der Waals surface area contributed by atoms with Gasteiger partial charge in [-0.25, -0.2) is 4.99 Å². The first-order valence-electron chi connectivity index (χ1n) is 11.0. The lowest BCUT2D eigenvalue weighted by atomic mass is 9.83. The van der Waals surface area contributed by atoms with Gasteiger partial charge in [-0.05, 0) is 71.9 Å². The van der Waals surface area contributed by atoms with E-state index in [9.17, 15) is 4.79 Å². The monoisotopic (exact) mass is 460 g/mol. The van der Waals surface area contributed by atoms with Crippen molar-refractivity contribution in [2.24, 2.45) is 4.99 Å². The number of amidine groups is 1. The van der Waals surface area contributed by atoms with Crippen LogP contribution in [0, 0.1) is 0 Å². The van der Waals surface area contributed by atoms with Gasteiger partial charge in [0.15, 0.2) is 28.2 Å². The molecule has 5 aliphatic rings. The Kier molecular flexibility index (Phi) is 4.24. The quantitative estimate of drug-likeness (QED) is 0.650. The van der Waals surface area contributed by atoms with E-state index in [1.807, 2.05) is 41.3 Å². The molecule has 4 aliphatic heterocycles. The van der Waals surface area contributed by atoms with Crippen LogP contribution in [0.4, 0.5) is 0 Å². The van der Waals surface area contributed by atoms with E-state index in [0.29, 0.717) is 5.75 Å². The average molecular weight is 461 g/mol. The highest BCUT2D eigenvalue weighted by atomic mass is 32.2. The van der Waals surface area contributed by atoms with Gasteiger partial charge in [0.25, 0.3) is 0 Å². The highest BCUT2D eigenvalue weighted by Crippen LogP contribution is 2.49. The van der Waals surface area contributed by atoms with Gasteiger partial charge in [-0.2, -0.15) is 0 Å². The molecule has 1 fully saturated rings. The maximum atomic E-state index is 12.9. The molecule has 0 aromatic heterocycles. The van der Waals surface area contributed by atoms with Gasteiger partial charge in [0.1, 0.15) is 0 Å². The minimum Gasteiger partial charge on any atom is -0.454 e. The second kappa shape index (κ2) is 7.31. The zero-order valence-electron chi connectivity index (χ0n) is 17.7. The van der Waals surface area contributed by atoms with E-state index < -0.39 is 0 Å². The first-order valence-corrected chi connectivity index (χ1v) is 12.0. The number of allylic oxidation sites excluding steroid dienone is 1. The van der Waals surface area contributed by atoms with Gasteiger partial charge in [-0.1, -0.05) is 23.9 Å². The molecule has 1 aliphatic carbocycles. The number of carbonyl (C=O) groups excluding carboxylic acids is 1. The first kappa shape index (κ1) is 19.1. The summed E-state index contributed by atoms with van der Waals surface area (Å²) < 4.78 is 22.1. The van der Waals surface area contributed by atoms with Crippen LogP contribution in [-0.2, 0) is 4.79 Å². The fraction of sp³-hybridized carbons (Fsp3) is 0.280. The minimum absolute atomic E-state index is 0.0971. The van der Waals surface area contributed by atoms with E-state index in [0.717, 1.165) is 64.3 Å². The average Bonchev–Trinajstić information content (AvgIpc) is 3.57. The summed E-state index contributed by atoms with van der Waals surface area (Å²) in [5.74, 6) is 3.53. The molecular formula is C25H20N2O5S. The number of carbonyl (C=O) groups is 1. The number of hydrogen-bond acceptors (Lipinski definition) is 7. The molecular weight excluding hydrogens is 440 g/mol. The highest BCUT2D eigenvalue weighted by molar-refractivity contribution is 8.15. The van der Waals surface area contributed by atoms with Crippen molar-refractivity contribution in [2.45, 2.75) is 25.3 Å². The second-order valence-electron chi connectivity index (χ2n) is 8.47. The Labute approximate surface area is 194 Å². The molecule has 2 aromatic carbocycles. The lowest BCUT2D eigenvalue weighted by Crippen LogP contribution is -2.38.